The molecule has 6 heteroatoms. The number of hydrogen-bond acceptors (Lipinski definition) is 3. The molecule has 0 aliphatic heterocycles. The van der Waals surface area contributed by atoms with Crippen molar-refractivity contribution >= 4 is 40.5 Å². The number of halogens is 1. The van der Waals surface area contributed by atoms with E-state index in [4.69, 9.17) is 11.6 Å². The minimum Gasteiger partial charge on any atom is -0.376 e. The van der Waals surface area contributed by atoms with Crippen LogP contribution in [0.3, 0.4) is 0 Å². The first-order valence-corrected chi connectivity index (χ1v) is 8.60. The number of anilines is 3. The van der Waals surface area contributed by atoms with Crippen molar-refractivity contribution in [2.45, 2.75) is 19.8 Å². The van der Waals surface area contributed by atoms with E-state index >= 15 is 0 Å². The molecule has 0 spiro atoms. The van der Waals surface area contributed by atoms with Gasteiger partial charge in [-0.3, -0.25) is 9.59 Å². The van der Waals surface area contributed by atoms with E-state index in [9.17, 15) is 9.59 Å². The lowest BCUT2D eigenvalue weighted by Crippen LogP contribution is -2.22. The highest BCUT2D eigenvalue weighted by Gasteiger charge is 2.29. The Balaban J connectivity index is 1.49. The smallest absolute Gasteiger partial charge is 0.243 e. The number of hydrogen-bond donors (Lipinski definition) is 3. The molecular weight excluding hydrogens is 338 g/mol. The van der Waals surface area contributed by atoms with Crippen LogP contribution in [0.25, 0.3) is 0 Å². The summed E-state index contributed by atoms with van der Waals surface area (Å²) in [5.74, 6) is 0.0713. The molecule has 0 aromatic heterocycles. The minimum absolute atomic E-state index is 0.0788. The van der Waals surface area contributed by atoms with E-state index < -0.39 is 0 Å². The summed E-state index contributed by atoms with van der Waals surface area (Å²) in [6.07, 6.45) is 1.96. The first kappa shape index (κ1) is 17.3. The van der Waals surface area contributed by atoms with Crippen LogP contribution in [-0.4, -0.2) is 18.4 Å². The summed E-state index contributed by atoms with van der Waals surface area (Å²) >= 11 is 6.11. The van der Waals surface area contributed by atoms with Crippen LogP contribution in [0.4, 0.5) is 17.1 Å². The van der Waals surface area contributed by atoms with Gasteiger partial charge in [-0.05, 0) is 61.7 Å². The second-order valence-corrected chi connectivity index (χ2v) is 6.63. The summed E-state index contributed by atoms with van der Waals surface area (Å²) in [5.41, 5.74) is 3.19. The zero-order valence-corrected chi connectivity index (χ0v) is 14.7. The zero-order chi connectivity index (χ0) is 17.8. The van der Waals surface area contributed by atoms with Gasteiger partial charge in [-0.1, -0.05) is 17.7 Å². The first-order chi connectivity index (χ1) is 12.0. The van der Waals surface area contributed by atoms with E-state index in [2.05, 4.69) is 16.0 Å². The van der Waals surface area contributed by atoms with Gasteiger partial charge in [0.1, 0.15) is 0 Å². The lowest BCUT2D eigenvalue weighted by atomic mass is 10.2. The van der Waals surface area contributed by atoms with Gasteiger partial charge in [-0.2, -0.15) is 0 Å². The highest BCUT2D eigenvalue weighted by molar-refractivity contribution is 6.33. The normalized spacial score (nSPS) is 13.2. The number of benzene rings is 2. The fraction of sp³-hybridized carbons (Fsp3) is 0.263. The molecule has 1 aliphatic carbocycles. The Morgan fingerprint density at radius 3 is 2.36 bits per heavy atom. The third-order valence-electron chi connectivity index (χ3n) is 3.95. The van der Waals surface area contributed by atoms with E-state index in [1.54, 1.807) is 12.1 Å². The van der Waals surface area contributed by atoms with Crippen molar-refractivity contribution < 1.29 is 9.59 Å². The first-order valence-electron chi connectivity index (χ1n) is 8.22. The predicted molar refractivity (Wildman–Crippen MR) is 101 cm³/mol. The van der Waals surface area contributed by atoms with E-state index in [1.807, 2.05) is 37.3 Å². The second-order valence-electron chi connectivity index (χ2n) is 6.23. The van der Waals surface area contributed by atoms with Crippen molar-refractivity contribution in [1.82, 2.24) is 0 Å². The van der Waals surface area contributed by atoms with Crippen LogP contribution in [0.15, 0.2) is 42.5 Å². The monoisotopic (exact) mass is 357 g/mol. The van der Waals surface area contributed by atoms with Crippen LogP contribution < -0.4 is 16.0 Å². The minimum atomic E-state index is -0.183. The van der Waals surface area contributed by atoms with Crippen molar-refractivity contribution in [1.29, 1.82) is 0 Å². The third-order valence-corrected chi connectivity index (χ3v) is 4.27. The highest BCUT2D eigenvalue weighted by atomic mass is 35.5. The Labute approximate surface area is 151 Å². The molecule has 0 unspecified atom stereocenters. The van der Waals surface area contributed by atoms with E-state index in [1.165, 1.54) is 0 Å². The lowest BCUT2D eigenvalue weighted by Gasteiger charge is -2.10. The van der Waals surface area contributed by atoms with Gasteiger partial charge >= 0.3 is 0 Å². The topological polar surface area (TPSA) is 70.2 Å². The molecule has 1 aliphatic rings. The number of carbonyl (C=O) groups is 2. The zero-order valence-electron chi connectivity index (χ0n) is 13.9. The van der Waals surface area contributed by atoms with Crippen molar-refractivity contribution in [3.8, 4) is 0 Å². The van der Waals surface area contributed by atoms with Gasteiger partial charge in [0.2, 0.25) is 11.8 Å². The van der Waals surface area contributed by atoms with Gasteiger partial charge in [0.25, 0.3) is 0 Å². The van der Waals surface area contributed by atoms with Crippen molar-refractivity contribution in [3.05, 3.63) is 53.1 Å². The maximum atomic E-state index is 12.0. The van der Waals surface area contributed by atoms with Gasteiger partial charge in [0.15, 0.2) is 0 Å². The molecular formula is C19H20ClN3O2. The van der Waals surface area contributed by atoms with Crippen molar-refractivity contribution in [2.24, 2.45) is 5.92 Å². The summed E-state index contributed by atoms with van der Waals surface area (Å²) in [4.78, 5) is 23.7. The predicted octanol–water partition coefficient (Wildman–Crippen LogP) is 4.05. The van der Waals surface area contributed by atoms with Gasteiger partial charge in [-0.15, -0.1) is 0 Å². The van der Waals surface area contributed by atoms with Crippen LogP contribution in [0.1, 0.15) is 18.4 Å². The average molecular weight is 358 g/mol. The molecule has 0 radical (unpaired) electrons. The number of rotatable bonds is 6. The van der Waals surface area contributed by atoms with Crippen LogP contribution >= 0.6 is 11.6 Å². The maximum absolute atomic E-state index is 12.0. The average Bonchev–Trinajstić information content (AvgIpc) is 3.42. The molecule has 1 saturated carbocycles. The maximum Gasteiger partial charge on any atom is 0.243 e. The molecule has 3 rings (SSSR count). The number of carbonyl (C=O) groups excluding carboxylic acids is 2. The van der Waals surface area contributed by atoms with Crippen LogP contribution in [-0.2, 0) is 9.59 Å². The van der Waals surface area contributed by atoms with Gasteiger partial charge in [0.05, 0.1) is 17.3 Å². The molecule has 5 nitrogen and oxygen atoms in total. The molecule has 0 saturated heterocycles. The van der Waals surface area contributed by atoms with Gasteiger partial charge in [0, 0.05) is 17.3 Å². The number of amides is 2. The highest BCUT2D eigenvalue weighted by Crippen LogP contribution is 2.30. The van der Waals surface area contributed by atoms with Crippen LogP contribution in [0.2, 0.25) is 5.02 Å². The quantitative estimate of drug-likeness (QED) is 0.730. The molecule has 130 valence electrons. The summed E-state index contributed by atoms with van der Waals surface area (Å²) < 4.78 is 0. The van der Waals surface area contributed by atoms with Crippen LogP contribution in [0.5, 0.6) is 0 Å². The third kappa shape index (κ3) is 4.97. The molecule has 1 fully saturated rings. The molecule has 2 aromatic carbocycles. The molecule has 2 amide bonds. The van der Waals surface area contributed by atoms with Gasteiger partial charge < -0.3 is 16.0 Å². The van der Waals surface area contributed by atoms with Gasteiger partial charge in [-0.25, -0.2) is 0 Å². The largest absolute Gasteiger partial charge is 0.376 e. The fourth-order valence-corrected chi connectivity index (χ4v) is 2.64. The Morgan fingerprint density at radius 2 is 1.72 bits per heavy atom. The SMILES string of the molecule is Cc1ccc(NC(=O)CNc2ccc(NC(=O)C3CC3)cc2)c(Cl)c1. The molecule has 2 aromatic rings. The summed E-state index contributed by atoms with van der Waals surface area (Å²) in [6.45, 7) is 2.06. The molecule has 0 atom stereocenters. The number of aryl methyl sites for hydroxylation is 1. The Hall–Kier alpha value is -2.53. The Morgan fingerprint density at radius 1 is 1.04 bits per heavy atom. The summed E-state index contributed by atoms with van der Waals surface area (Å²) in [6, 6.07) is 12.8. The second kappa shape index (κ2) is 7.57. The van der Waals surface area contributed by atoms with E-state index in [0.717, 1.165) is 29.8 Å². The lowest BCUT2D eigenvalue weighted by molar-refractivity contribution is -0.117. The molecule has 0 heterocycles. The Kier molecular flexibility index (Phi) is 5.24. The molecule has 0 bridgehead atoms. The molecule has 3 N–H and O–H groups in total. The van der Waals surface area contributed by atoms with Crippen LogP contribution in [0, 0.1) is 12.8 Å². The summed E-state index contributed by atoms with van der Waals surface area (Å²) in [5, 5.41) is 9.21. The van der Waals surface area contributed by atoms with Crippen molar-refractivity contribution in [3.63, 3.8) is 0 Å². The Bertz CT molecular complexity index is 786. The summed E-state index contributed by atoms with van der Waals surface area (Å²) in [7, 11) is 0. The van der Waals surface area contributed by atoms with E-state index in [-0.39, 0.29) is 24.3 Å². The fourth-order valence-electron chi connectivity index (χ4n) is 2.36. The number of nitrogens with one attached hydrogen (secondary N) is 3. The molecule has 25 heavy (non-hydrogen) atoms. The van der Waals surface area contributed by atoms with Crippen molar-refractivity contribution in [2.75, 3.05) is 22.5 Å². The standard InChI is InChI=1S/C19H20ClN3O2/c1-12-2-9-17(16(20)10-12)23-18(24)11-21-14-5-7-15(8-6-14)22-19(25)13-3-4-13/h2,5-10,13,21H,3-4,11H2,1H3,(H,22,25)(H,23,24). The van der Waals surface area contributed by atoms with E-state index in [0.29, 0.717) is 10.7 Å².